The van der Waals surface area contributed by atoms with E-state index >= 15 is 0 Å². The van der Waals surface area contributed by atoms with Crippen molar-refractivity contribution in [1.82, 2.24) is 10.3 Å². The summed E-state index contributed by atoms with van der Waals surface area (Å²) in [5, 5.41) is 10.5. The number of fused-ring (bicyclic) bond motifs is 1. The van der Waals surface area contributed by atoms with Gasteiger partial charge in [-0.1, -0.05) is 61.7 Å². The molecule has 0 spiro atoms. The van der Waals surface area contributed by atoms with Gasteiger partial charge in [0.05, 0.1) is 16.9 Å². The Morgan fingerprint density at radius 1 is 0.923 bits per heavy atom. The number of aromatic nitrogens is 1. The average molecular weight is 520 g/mol. The Morgan fingerprint density at radius 3 is 2.51 bits per heavy atom. The maximum absolute atomic E-state index is 13.5. The first-order valence-corrected chi connectivity index (χ1v) is 13.4. The summed E-state index contributed by atoms with van der Waals surface area (Å²) in [6.45, 7) is 0. The monoisotopic (exact) mass is 519 g/mol. The van der Waals surface area contributed by atoms with Gasteiger partial charge in [0, 0.05) is 29.4 Å². The third-order valence-electron chi connectivity index (χ3n) is 7.04. The average Bonchev–Trinajstić information content (AvgIpc) is 2.97. The van der Waals surface area contributed by atoms with Crippen LogP contribution >= 0.6 is 0 Å². The molecule has 0 saturated heterocycles. The summed E-state index contributed by atoms with van der Waals surface area (Å²) in [7, 11) is 0. The van der Waals surface area contributed by atoms with Gasteiger partial charge in [0.1, 0.15) is 6.04 Å². The van der Waals surface area contributed by atoms with E-state index in [-0.39, 0.29) is 17.9 Å². The molecule has 0 radical (unpaired) electrons. The molecule has 1 aliphatic carbocycles. The standard InChI is InChI=1S/C32H33N5O2/c33-27-10-4-5-11-29(27)37-30(38)19-14-22-12-15-23(16-13-22)31(32(39)36-25-8-2-1-3-9-25)35-26-17-18-28-24(21-26)7-6-20-34-28/h4-7,10-21,25,31,35H,1-3,8-9,33H2,(H,36,39)(H,37,38)/b19-14+. The van der Waals surface area contributed by atoms with Gasteiger partial charge < -0.3 is 21.7 Å². The van der Waals surface area contributed by atoms with Gasteiger partial charge >= 0.3 is 0 Å². The van der Waals surface area contributed by atoms with Crippen molar-refractivity contribution < 1.29 is 9.59 Å². The lowest BCUT2D eigenvalue weighted by atomic mass is 9.94. The molecule has 5 rings (SSSR count). The lowest BCUT2D eigenvalue weighted by Gasteiger charge is -2.27. The quantitative estimate of drug-likeness (QED) is 0.167. The van der Waals surface area contributed by atoms with Crippen molar-refractivity contribution >= 4 is 45.9 Å². The fourth-order valence-corrected chi connectivity index (χ4v) is 4.92. The highest BCUT2D eigenvalue weighted by molar-refractivity contribution is 6.03. The smallest absolute Gasteiger partial charge is 0.248 e. The molecule has 1 aromatic heterocycles. The van der Waals surface area contributed by atoms with Crippen LogP contribution in [0.1, 0.15) is 49.3 Å². The van der Waals surface area contributed by atoms with E-state index in [0.717, 1.165) is 53.4 Å². The zero-order valence-electron chi connectivity index (χ0n) is 21.8. The van der Waals surface area contributed by atoms with Crippen LogP contribution < -0.4 is 21.7 Å². The second-order valence-corrected chi connectivity index (χ2v) is 9.91. The highest BCUT2D eigenvalue weighted by Gasteiger charge is 2.24. The first-order valence-electron chi connectivity index (χ1n) is 13.4. The molecule has 2 amide bonds. The SMILES string of the molecule is Nc1ccccc1NC(=O)/C=C/c1ccc(C(Nc2ccc3ncccc3c2)C(=O)NC2CCCCC2)cc1. The molecule has 1 unspecified atom stereocenters. The van der Waals surface area contributed by atoms with Gasteiger partial charge in [-0.25, -0.2) is 0 Å². The summed E-state index contributed by atoms with van der Waals surface area (Å²) in [4.78, 5) is 30.3. The Hall–Kier alpha value is -4.65. The van der Waals surface area contributed by atoms with Crippen molar-refractivity contribution in [1.29, 1.82) is 0 Å². The third-order valence-corrected chi connectivity index (χ3v) is 7.04. The van der Waals surface area contributed by atoms with Crippen LogP contribution in [0.5, 0.6) is 0 Å². The van der Waals surface area contributed by atoms with Crippen LogP contribution in [0.15, 0.2) is 91.1 Å². The van der Waals surface area contributed by atoms with Crippen molar-refractivity contribution in [3.05, 3.63) is 102 Å². The Balaban J connectivity index is 1.32. The van der Waals surface area contributed by atoms with Gasteiger partial charge in [-0.2, -0.15) is 0 Å². The maximum Gasteiger partial charge on any atom is 0.248 e. The van der Waals surface area contributed by atoms with E-state index < -0.39 is 6.04 Å². The number of nitrogens with one attached hydrogen (secondary N) is 3. The zero-order valence-corrected chi connectivity index (χ0v) is 21.8. The molecule has 1 saturated carbocycles. The van der Waals surface area contributed by atoms with Crippen LogP contribution in [0.4, 0.5) is 17.1 Å². The van der Waals surface area contributed by atoms with Gasteiger partial charge in [-0.15, -0.1) is 0 Å². The molecule has 4 aromatic rings. The number of amides is 2. The summed E-state index contributed by atoms with van der Waals surface area (Å²) in [5.74, 6) is -0.314. The Labute approximate surface area is 228 Å². The van der Waals surface area contributed by atoms with Gasteiger partial charge in [0.2, 0.25) is 11.8 Å². The molecule has 0 aliphatic heterocycles. The predicted octanol–water partition coefficient (Wildman–Crippen LogP) is 6.07. The number of benzene rings is 3. The second-order valence-electron chi connectivity index (χ2n) is 9.91. The van der Waals surface area contributed by atoms with Crippen LogP contribution in [0.2, 0.25) is 0 Å². The molecular weight excluding hydrogens is 486 g/mol. The van der Waals surface area contributed by atoms with Crippen molar-refractivity contribution in [3.63, 3.8) is 0 Å². The molecule has 39 heavy (non-hydrogen) atoms. The number of carbonyl (C=O) groups excluding carboxylic acids is 2. The van der Waals surface area contributed by atoms with E-state index in [1.54, 1.807) is 24.4 Å². The highest BCUT2D eigenvalue weighted by Crippen LogP contribution is 2.25. The van der Waals surface area contributed by atoms with E-state index in [1.165, 1.54) is 12.5 Å². The number of anilines is 3. The number of para-hydroxylation sites is 2. The van der Waals surface area contributed by atoms with Crippen LogP contribution in [0.25, 0.3) is 17.0 Å². The van der Waals surface area contributed by atoms with Crippen molar-refractivity contribution in [2.75, 3.05) is 16.4 Å². The van der Waals surface area contributed by atoms with Gasteiger partial charge in [0.15, 0.2) is 0 Å². The highest BCUT2D eigenvalue weighted by atomic mass is 16.2. The summed E-state index contributed by atoms with van der Waals surface area (Å²) in [6.07, 6.45) is 10.5. The molecule has 5 N–H and O–H groups in total. The molecule has 7 heteroatoms. The van der Waals surface area contributed by atoms with E-state index in [4.69, 9.17) is 5.73 Å². The molecule has 7 nitrogen and oxygen atoms in total. The molecule has 1 fully saturated rings. The van der Waals surface area contributed by atoms with Crippen molar-refractivity contribution in [2.45, 2.75) is 44.2 Å². The van der Waals surface area contributed by atoms with E-state index in [0.29, 0.717) is 11.4 Å². The molecule has 198 valence electrons. The zero-order chi connectivity index (χ0) is 27.0. The molecule has 1 heterocycles. The Bertz CT molecular complexity index is 1480. The van der Waals surface area contributed by atoms with Crippen LogP contribution in [0.3, 0.4) is 0 Å². The lowest BCUT2D eigenvalue weighted by molar-refractivity contribution is -0.122. The number of rotatable bonds is 8. The normalized spacial score (nSPS) is 14.7. The van der Waals surface area contributed by atoms with Gasteiger partial charge in [-0.05, 0) is 66.4 Å². The summed E-state index contributed by atoms with van der Waals surface area (Å²) >= 11 is 0. The molecule has 1 aliphatic rings. The fourth-order valence-electron chi connectivity index (χ4n) is 4.92. The van der Waals surface area contributed by atoms with Crippen LogP contribution in [0, 0.1) is 0 Å². The number of pyridine rings is 1. The van der Waals surface area contributed by atoms with Crippen molar-refractivity contribution in [2.24, 2.45) is 0 Å². The minimum Gasteiger partial charge on any atom is -0.397 e. The fraction of sp³-hybridized carbons (Fsp3) is 0.219. The molecule has 3 aromatic carbocycles. The number of nitrogens with zero attached hydrogens (tertiary/aromatic N) is 1. The first kappa shape index (κ1) is 26.0. The minimum absolute atomic E-state index is 0.0451. The number of carbonyl (C=O) groups is 2. The van der Waals surface area contributed by atoms with E-state index in [9.17, 15) is 9.59 Å². The predicted molar refractivity (Wildman–Crippen MR) is 158 cm³/mol. The Morgan fingerprint density at radius 2 is 1.72 bits per heavy atom. The first-order chi connectivity index (χ1) is 19.0. The number of nitrogens with two attached hydrogens (primary N) is 1. The van der Waals surface area contributed by atoms with Crippen LogP contribution in [-0.4, -0.2) is 22.8 Å². The van der Waals surface area contributed by atoms with Crippen molar-refractivity contribution in [3.8, 4) is 0 Å². The minimum atomic E-state index is -0.566. The third kappa shape index (κ3) is 6.82. The van der Waals surface area contributed by atoms with Crippen LogP contribution in [-0.2, 0) is 9.59 Å². The maximum atomic E-state index is 13.5. The summed E-state index contributed by atoms with van der Waals surface area (Å²) in [5.41, 5.74) is 10.4. The number of hydrogen-bond acceptors (Lipinski definition) is 5. The van der Waals surface area contributed by atoms with E-state index in [1.807, 2.05) is 66.7 Å². The van der Waals surface area contributed by atoms with Gasteiger partial charge in [0.25, 0.3) is 0 Å². The largest absolute Gasteiger partial charge is 0.397 e. The van der Waals surface area contributed by atoms with Gasteiger partial charge in [-0.3, -0.25) is 14.6 Å². The Kier molecular flexibility index (Phi) is 8.17. The number of nitrogen functional groups attached to an aromatic ring is 1. The molecule has 1 atom stereocenters. The lowest BCUT2D eigenvalue weighted by Crippen LogP contribution is -2.41. The molecule has 0 bridgehead atoms. The second kappa shape index (κ2) is 12.3. The molecular formula is C32H33N5O2. The summed E-state index contributed by atoms with van der Waals surface area (Å²) < 4.78 is 0. The summed E-state index contributed by atoms with van der Waals surface area (Å²) in [6, 6.07) is 24.3. The number of hydrogen-bond donors (Lipinski definition) is 4. The van der Waals surface area contributed by atoms with E-state index in [2.05, 4.69) is 20.9 Å². The topological polar surface area (TPSA) is 109 Å².